The van der Waals surface area contributed by atoms with Crippen molar-refractivity contribution < 1.29 is 0 Å². The minimum atomic E-state index is -0.272. The van der Waals surface area contributed by atoms with E-state index in [0.717, 1.165) is 0 Å². The molecule has 29 heavy (non-hydrogen) atoms. The van der Waals surface area contributed by atoms with Gasteiger partial charge in [-0.1, -0.05) is 83.9 Å². The third-order valence-electron chi connectivity index (χ3n) is 6.79. The van der Waals surface area contributed by atoms with Gasteiger partial charge in [0.1, 0.15) is 0 Å². The molecule has 1 heteroatoms. The molecular formula is C28H23N. The monoisotopic (exact) mass is 373 g/mol. The molecule has 1 nitrogen and oxygen atoms in total. The van der Waals surface area contributed by atoms with Crippen LogP contribution in [0, 0.1) is 13.8 Å². The maximum absolute atomic E-state index is 2.37. The first-order valence-electron chi connectivity index (χ1n) is 10.3. The van der Waals surface area contributed by atoms with Crippen LogP contribution in [0.3, 0.4) is 0 Å². The Balaban J connectivity index is 1.86. The van der Waals surface area contributed by atoms with Crippen LogP contribution in [-0.2, 0) is 5.41 Å². The Morgan fingerprint density at radius 3 is 1.48 bits per heavy atom. The molecule has 1 heterocycles. The van der Waals surface area contributed by atoms with E-state index >= 15 is 0 Å². The lowest BCUT2D eigenvalue weighted by molar-refractivity contribution is 0.748. The highest BCUT2D eigenvalue weighted by Gasteiger charge is 2.50. The zero-order valence-corrected chi connectivity index (χ0v) is 17.0. The Morgan fingerprint density at radius 2 is 1.00 bits per heavy atom. The van der Waals surface area contributed by atoms with E-state index in [1.807, 2.05) is 0 Å². The molecule has 0 amide bonds. The van der Waals surface area contributed by atoms with E-state index in [4.69, 9.17) is 0 Å². The summed E-state index contributed by atoms with van der Waals surface area (Å²) in [5, 5.41) is 0. The molecule has 0 saturated carbocycles. The number of nitrogens with zero attached hydrogens (tertiary/aromatic N) is 1. The zero-order chi connectivity index (χ0) is 19.8. The van der Waals surface area contributed by atoms with Crippen molar-refractivity contribution >= 4 is 11.4 Å². The first-order chi connectivity index (χ1) is 14.1. The first-order valence-corrected chi connectivity index (χ1v) is 10.3. The summed E-state index contributed by atoms with van der Waals surface area (Å²) in [4.78, 5) is 2.34. The maximum atomic E-state index is 2.37. The molecule has 1 aliphatic carbocycles. The predicted octanol–water partition coefficient (Wildman–Crippen LogP) is 6.75. The van der Waals surface area contributed by atoms with E-state index in [1.165, 1.54) is 55.9 Å². The van der Waals surface area contributed by atoms with Crippen molar-refractivity contribution in [3.63, 3.8) is 0 Å². The number of aryl methyl sites for hydroxylation is 2. The van der Waals surface area contributed by atoms with Crippen molar-refractivity contribution in [3.8, 4) is 11.1 Å². The van der Waals surface area contributed by atoms with Crippen LogP contribution in [0.15, 0.2) is 84.9 Å². The average Bonchev–Trinajstić information content (AvgIpc) is 3.02. The molecule has 1 aliphatic heterocycles. The lowest BCUT2D eigenvalue weighted by Crippen LogP contribution is -2.36. The number of hydrogen-bond acceptors (Lipinski definition) is 1. The number of para-hydroxylation sites is 2. The van der Waals surface area contributed by atoms with E-state index in [1.54, 1.807) is 0 Å². The molecule has 0 atom stereocenters. The average molecular weight is 373 g/mol. The number of rotatable bonds is 0. The lowest BCUT2D eigenvalue weighted by Gasteiger charge is -2.43. The number of hydrogen-bond donors (Lipinski definition) is 0. The van der Waals surface area contributed by atoms with Crippen molar-refractivity contribution in [3.05, 3.63) is 118 Å². The molecule has 4 aromatic carbocycles. The topological polar surface area (TPSA) is 3.24 Å². The van der Waals surface area contributed by atoms with Gasteiger partial charge in [0.2, 0.25) is 0 Å². The van der Waals surface area contributed by atoms with Crippen molar-refractivity contribution in [2.24, 2.45) is 0 Å². The van der Waals surface area contributed by atoms with Gasteiger partial charge in [0.05, 0.1) is 5.41 Å². The quantitative estimate of drug-likeness (QED) is 0.290. The molecule has 1 spiro atoms. The number of fused-ring (bicyclic) bond motifs is 9. The predicted molar refractivity (Wildman–Crippen MR) is 121 cm³/mol. The van der Waals surface area contributed by atoms with Gasteiger partial charge >= 0.3 is 0 Å². The van der Waals surface area contributed by atoms with Crippen LogP contribution in [0.25, 0.3) is 11.1 Å². The summed E-state index contributed by atoms with van der Waals surface area (Å²) in [6, 6.07) is 31.8. The molecule has 140 valence electrons. The summed E-state index contributed by atoms with van der Waals surface area (Å²) < 4.78 is 0. The fourth-order valence-corrected chi connectivity index (χ4v) is 5.58. The molecular weight excluding hydrogens is 350 g/mol. The van der Waals surface area contributed by atoms with Gasteiger partial charge in [-0.3, -0.25) is 0 Å². The molecule has 0 bridgehead atoms. The van der Waals surface area contributed by atoms with Crippen LogP contribution in [0.5, 0.6) is 0 Å². The van der Waals surface area contributed by atoms with Gasteiger partial charge in [0.25, 0.3) is 0 Å². The standard InChI is InChI=1S/C28H23N/c1-18-12-14-22-20(16-18)21-17-19(2)13-15-23(21)28(22)24-8-4-6-10-26(24)29(3)27-11-7-5-9-25(27)28/h4-17H,1-3H3. The van der Waals surface area contributed by atoms with Crippen LogP contribution in [0.4, 0.5) is 11.4 Å². The summed E-state index contributed by atoms with van der Waals surface area (Å²) in [6.07, 6.45) is 0. The highest BCUT2D eigenvalue weighted by atomic mass is 15.1. The van der Waals surface area contributed by atoms with Crippen LogP contribution in [-0.4, -0.2) is 7.05 Å². The van der Waals surface area contributed by atoms with Crippen molar-refractivity contribution in [2.45, 2.75) is 19.3 Å². The molecule has 0 N–H and O–H groups in total. The molecule has 0 aromatic heterocycles. The Kier molecular flexibility index (Phi) is 3.21. The summed E-state index contributed by atoms with van der Waals surface area (Å²) in [6.45, 7) is 4.38. The summed E-state index contributed by atoms with van der Waals surface area (Å²) in [7, 11) is 2.19. The number of anilines is 2. The normalized spacial score (nSPS) is 14.9. The molecule has 2 aliphatic rings. The van der Waals surface area contributed by atoms with Crippen molar-refractivity contribution in [1.29, 1.82) is 0 Å². The Bertz CT molecular complexity index is 1200. The molecule has 6 rings (SSSR count). The Hall–Kier alpha value is -3.32. The van der Waals surface area contributed by atoms with Crippen molar-refractivity contribution in [1.82, 2.24) is 0 Å². The second-order valence-electron chi connectivity index (χ2n) is 8.44. The Morgan fingerprint density at radius 1 is 0.552 bits per heavy atom. The van der Waals surface area contributed by atoms with Crippen LogP contribution >= 0.6 is 0 Å². The van der Waals surface area contributed by atoms with Gasteiger partial charge in [-0.25, -0.2) is 0 Å². The minimum Gasteiger partial charge on any atom is -0.344 e. The van der Waals surface area contributed by atoms with Crippen LogP contribution in [0.1, 0.15) is 33.4 Å². The third kappa shape index (κ3) is 1.95. The molecule has 0 radical (unpaired) electrons. The smallest absolute Gasteiger partial charge is 0.0754 e. The fraction of sp³-hybridized carbons (Fsp3) is 0.143. The van der Waals surface area contributed by atoms with Gasteiger partial charge in [0, 0.05) is 18.4 Å². The zero-order valence-electron chi connectivity index (χ0n) is 17.0. The molecule has 0 unspecified atom stereocenters. The maximum Gasteiger partial charge on any atom is 0.0754 e. The number of benzene rings is 4. The minimum absolute atomic E-state index is 0.272. The molecule has 0 saturated heterocycles. The highest BCUT2D eigenvalue weighted by Crippen LogP contribution is 2.62. The second kappa shape index (κ2) is 5.61. The van der Waals surface area contributed by atoms with Gasteiger partial charge < -0.3 is 4.90 Å². The van der Waals surface area contributed by atoms with Crippen LogP contribution < -0.4 is 4.90 Å². The largest absolute Gasteiger partial charge is 0.344 e. The van der Waals surface area contributed by atoms with Crippen molar-refractivity contribution in [2.75, 3.05) is 11.9 Å². The van der Waals surface area contributed by atoms with E-state index in [0.29, 0.717) is 0 Å². The van der Waals surface area contributed by atoms with Gasteiger partial charge in [0.15, 0.2) is 0 Å². The summed E-state index contributed by atoms with van der Waals surface area (Å²) >= 11 is 0. The fourth-order valence-electron chi connectivity index (χ4n) is 5.58. The molecule has 4 aromatic rings. The van der Waals surface area contributed by atoms with E-state index in [9.17, 15) is 0 Å². The van der Waals surface area contributed by atoms with E-state index < -0.39 is 0 Å². The second-order valence-corrected chi connectivity index (χ2v) is 8.44. The lowest BCUT2D eigenvalue weighted by atomic mass is 9.65. The SMILES string of the molecule is Cc1ccc2c(c1)-c1cc(C)ccc1C21c2ccccc2N(C)c2ccccc21. The third-order valence-corrected chi connectivity index (χ3v) is 6.79. The van der Waals surface area contributed by atoms with Gasteiger partial charge in [-0.05, 0) is 59.4 Å². The van der Waals surface area contributed by atoms with E-state index in [-0.39, 0.29) is 5.41 Å². The van der Waals surface area contributed by atoms with Crippen LogP contribution in [0.2, 0.25) is 0 Å². The highest BCUT2D eigenvalue weighted by molar-refractivity contribution is 5.93. The van der Waals surface area contributed by atoms with E-state index in [2.05, 4.69) is 111 Å². The Labute approximate surface area is 172 Å². The molecule has 0 fully saturated rings. The summed E-state index contributed by atoms with van der Waals surface area (Å²) in [5.41, 5.74) is 13.2. The van der Waals surface area contributed by atoms with Gasteiger partial charge in [-0.15, -0.1) is 0 Å². The first kappa shape index (κ1) is 16.6. The van der Waals surface area contributed by atoms with Gasteiger partial charge in [-0.2, -0.15) is 0 Å². The summed E-state index contributed by atoms with van der Waals surface area (Å²) in [5.74, 6) is 0.